The van der Waals surface area contributed by atoms with Gasteiger partial charge >= 0.3 is 5.97 Å². The van der Waals surface area contributed by atoms with Crippen LogP contribution in [0.25, 0.3) is 22.2 Å². The van der Waals surface area contributed by atoms with Gasteiger partial charge in [0.05, 0.1) is 16.2 Å². The Balaban J connectivity index is 1.67. The molecule has 0 unspecified atom stereocenters. The van der Waals surface area contributed by atoms with E-state index in [1.807, 2.05) is 45.0 Å². The molecule has 0 radical (unpaired) electrons. The zero-order valence-corrected chi connectivity index (χ0v) is 19.6. The number of rotatable bonds is 5. The van der Waals surface area contributed by atoms with E-state index < -0.39 is 21.6 Å². The number of hydrogen-bond acceptors (Lipinski definition) is 4. The third-order valence-corrected chi connectivity index (χ3v) is 7.23. The Morgan fingerprint density at radius 1 is 1.00 bits per heavy atom. The van der Waals surface area contributed by atoms with E-state index in [9.17, 15) is 13.2 Å². The molecule has 1 fully saturated rings. The number of aromatic nitrogens is 1. The molecular weight excluding hydrogens is 424 g/mol. The average molecular weight is 455 g/mol. The summed E-state index contributed by atoms with van der Waals surface area (Å²) in [5, 5.41) is 0.771. The zero-order valence-electron chi connectivity index (χ0n) is 18.8. The van der Waals surface area contributed by atoms with E-state index in [4.69, 9.17) is 4.74 Å². The fourth-order valence-corrected chi connectivity index (χ4v) is 5.51. The normalized spacial score (nSPS) is 15.7. The summed E-state index contributed by atoms with van der Waals surface area (Å²) in [6.07, 6.45) is 5.04. The van der Waals surface area contributed by atoms with Crippen molar-refractivity contribution in [2.24, 2.45) is 0 Å². The molecule has 0 spiro atoms. The molecule has 0 bridgehead atoms. The number of carbonyl (C=O) groups excluding carboxylic acids is 1. The van der Waals surface area contributed by atoms with E-state index in [0.29, 0.717) is 11.3 Å². The van der Waals surface area contributed by atoms with E-state index in [1.165, 1.54) is 0 Å². The molecule has 2 aromatic carbocycles. The SMILES string of the molecule is CC(C)(C)OC(=O)c1c(-c2ccc(S(=O)(=O)NC3CCCCC3)cc2)[nH]c2ccccc12. The van der Waals surface area contributed by atoms with Crippen LogP contribution in [0.1, 0.15) is 63.2 Å². The lowest BCUT2D eigenvalue weighted by molar-refractivity contribution is 0.00728. The van der Waals surface area contributed by atoms with Crippen LogP contribution in [-0.2, 0) is 14.8 Å². The molecule has 1 saturated carbocycles. The first-order chi connectivity index (χ1) is 15.1. The van der Waals surface area contributed by atoms with Gasteiger partial charge in [-0.1, -0.05) is 49.6 Å². The van der Waals surface area contributed by atoms with Crippen LogP contribution in [0.3, 0.4) is 0 Å². The molecule has 2 N–H and O–H groups in total. The molecule has 0 amide bonds. The second kappa shape index (κ2) is 8.71. The molecule has 0 aliphatic heterocycles. The molecule has 6 nitrogen and oxygen atoms in total. The lowest BCUT2D eigenvalue weighted by atomic mass is 9.96. The van der Waals surface area contributed by atoms with Crippen molar-refractivity contribution >= 4 is 26.9 Å². The number of hydrogen-bond donors (Lipinski definition) is 2. The minimum atomic E-state index is -3.59. The van der Waals surface area contributed by atoms with Gasteiger partial charge in [-0.25, -0.2) is 17.9 Å². The number of fused-ring (bicyclic) bond motifs is 1. The van der Waals surface area contributed by atoms with Gasteiger partial charge in [0.25, 0.3) is 0 Å². The minimum Gasteiger partial charge on any atom is -0.456 e. The van der Waals surface area contributed by atoms with Crippen molar-refractivity contribution in [3.63, 3.8) is 0 Å². The fourth-order valence-electron chi connectivity index (χ4n) is 4.21. The zero-order chi connectivity index (χ0) is 22.9. The third-order valence-electron chi connectivity index (χ3n) is 5.69. The maximum absolute atomic E-state index is 13.0. The average Bonchev–Trinajstić information content (AvgIpc) is 3.13. The Hall–Kier alpha value is -2.64. The van der Waals surface area contributed by atoms with Gasteiger partial charge in [-0.2, -0.15) is 0 Å². The summed E-state index contributed by atoms with van der Waals surface area (Å²) < 4.78 is 34.1. The number of ether oxygens (including phenoxy) is 1. The second-order valence-electron chi connectivity index (χ2n) is 9.40. The molecular formula is C25H30N2O4S. The third kappa shape index (κ3) is 4.89. The van der Waals surface area contributed by atoms with E-state index in [0.717, 1.165) is 48.6 Å². The van der Waals surface area contributed by atoms with Crippen molar-refractivity contribution in [1.82, 2.24) is 9.71 Å². The summed E-state index contributed by atoms with van der Waals surface area (Å²) >= 11 is 0. The number of benzene rings is 2. The van der Waals surface area contributed by atoms with Crippen molar-refractivity contribution < 1.29 is 17.9 Å². The molecule has 1 aliphatic rings. The Kier molecular flexibility index (Phi) is 6.14. The quantitative estimate of drug-likeness (QED) is 0.505. The highest BCUT2D eigenvalue weighted by molar-refractivity contribution is 7.89. The topological polar surface area (TPSA) is 88.3 Å². The summed E-state index contributed by atoms with van der Waals surface area (Å²) in [5.41, 5.74) is 1.98. The van der Waals surface area contributed by atoms with Gasteiger partial charge < -0.3 is 9.72 Å². The monoisotopic (exact) mass is 454 g/mol. The molecule has 3 aromatic rings. The van der Waals surface area contributed by atoms with Gasteiger partial charge in [0.2, 0.25) is 10.0 Å². The molecule has 1 aromatic heterocycles. The van der Waals surface area contributed by atoms with Crippen LogP contribution < -0.4 is 4.72 Å². The van der Waals surface area contributed by atoms with Crippen molar-refractivity contribution in [3.8, 4) is 11.3 Å². The molecule has 4 rings (SSSR count). The summed E-state index contributed by atoms with van der Waals surface area (Å²) in [6.45, 7) is 5.50. The van der Waals surface area contributed by atoms with Crippen LogP contribution >= 0.6 is 0 Å². The van der Waals surface area contributed by atoms with Gasteiger partial charge in [0.1, 0.15) is 5.60 Å². The predicted molar refractivity (Wildman–Crippen MR) is 126 cm³/mol. The van der Waals surface area contributed by atoms with E-state index in [2.05, 4.69) is 9.71 Å². The first kappa shape index (κ1) is 22.6. The van der Waals surface area contributed by atoms with Crippen LogP contribution in [0.4, 0.5) is 0 Å². The summed E-state index contributed by atoms with van der Waals surface area (Å²) in [6, 6.07) is 14.2. The van der Waals surface area contributed by atoms with E-state index in [-0.39, 0.29) is 10.9 Å². The Morgan fingerprint density at radius 2 is 1.66 bits per heavy atom. The van der Waals surface area contributed by atoms with Crippen LogP contribution in [0, 0.1) is 0 Å². The minimum absolute atomic E-state index is 0.000837. The maximum atomic E-state index is 13.0. The summed E-state index contributed by atoms with van der Waals surface area (Å²) in [5.74, 6) is -0.416. The first-order valence-electron chi connectivity index (χ1n) is 11.1. The largest absolute Gasteiger partial charge is 0.456 e. The number of sulfonamides is 1. The van der Waals surface area contributed by atoms with Crippen molar-refractivity contribution in [1.29, 1.82) is 0 Å². The van der Waals surface area contributed by atoms with Gasteiger partial charge in [-0.05, 0) is 57.4 Å². The van der Waals surface area contributed by atoms with Crippen LogP contribution in [-0.4, -0.2) is 31.0 Å². The highest BCUT2D eigenvalue weighted by Crippen LogP contribution is 2.32. The van der Waals surface area contributed by atoms with Crippen LogP contribution in [0.2, 0.25) is 0 Å². The van der Waals surface area contributed by atoms with Crippen molar-refractivity contribution in [3.05, 3.63) is 54.1 Å². The van der Waals surface area contributed by atoms with Gasteiger partial charge in [-0.15, -0.1) is 0 Å². The first-order valence-corrected chi connectivity index (χ1v) is 12.6. The standard InChI is InChI=1S/C25H30N2O4S/c1-25(2,3)31-24(28)22-20-11-7-8-12-21(20)26-23(22)17-13-15-19(16-14-17)32(29,30)27-18-9-5-4-6-10-18/h7-8,11-16,18,26-27H,4-6,9-10H2,1-3H3. The maximum Gasteiger partial charge on any atom is 0.341 e. The molecule has 1 heterocycles. The number of H-pyrrole nitrogens is 1. The number of esters is 1. The fraction of sp³-hybridized carbons (Fsp3) is 0.400. The summed E-state index contributed by atoms with van der Waals surface area (Å²) in [4.78, 5) is 16.6. The number of para-hydroxylation sites is 1. The van der Waals surface area contributed by atoms with Crippen LogP contribution in [0.15, 0.2) is 53.4 Å². The molecule has 32 heavy (non-hydrogen) atoms. The molecule has 7 heteroatoms. The lowest BCUT2D eigenvalue weighted by Gasteiger charge is -2.22. The second-order valence-corrected chi connectivity index (χ2v) is 11.1. The van der Waals surface area contributed by atoms with Gasteiger partial charge in [0, 0.05) is 16.9 Å². The molecule has 0 atom stereocenters. The molecule has 170 valence electrons. The van der Waals surface area contributed by atoms with Gasteiger partial charge in [-0.3, -0.25) is 0 Å². The van der Waals surface area contributed by atoms with E-state index >= 15 is 0 Å². The van der Waals surface area contributed by atoms with Crippen molar-refractivity contribution in [2.75, 3.05) is 0 Å². The smallest absolute Gasteiger partial charge is 0.341 e. The number of nitrogens with one attached hydrogen (secondary N) is 2. The van der Waals surface area contributed by atoms with E-state index in [1.54, 1.807) is 24.3 Å². The lowest BCUT2D eigenvalue weighted by Crippen LogP contribution is -2.36. The Morgan fingerprint density at radius 3 is 2.31 bits per heavy atom. The highest BCUT2D eigenvalue weighted by atomic mass is 32.2. The van der Waals surface area contributed by atoms with Crippen molar-refractivity contribution in [2.45, 2.75) is 69.4 Å². The predicted octanol–water partition coefficient (Wildman–Crippen LogP) is 5.40. The summed E-state index contributed by atoms with van der Waals surface area (Å²) in [7, 11) is -3.59. The number of carbonyl (C=O) groups is 1. The molecule has 0 saturated heterocycles. The Bertz CT molecular complexity index is 1220. The van der Waals surface area contributed by atoms with Gasteiger partial charge in [0.15, 0.2) is 0 Å². The highest BCUT2D eigenvalue weighted by Gasteiger charge is 2.26. The Labute approximate surface area is 189 Å². The van der Waals surface area contributed by atoms with Crippen LogP contribution in [0.5, 0.6) is 0 Å². The number of aromatic amines is 1. The molecule has 1 aliphatic carbocycles.